The molecule has 3 rings (SSSR count). The van der Waals surface area contributed by atoms with E-state index in [1.807, 2.05) is 0 Å². The number of nitrogens with zero attached hydrogens (tertiary/aromatic N) is 1. The van der Waals surface area contributed by atoms with Crippen LogP contribution in [0.2, 0.25) is 0 Å². The molecule has 1 saturated carbocycles. The van der Waals surface area contributed by atoms with Gasteiger partial charge in [0.2, 0.25) is 0 Å². The third kappa shape index (κ3) is 5.88. The Hall–Kier alpha value is -3.22. The topological polar surface area (TPSA) is 85.3 Å². The summed E-state index contributed by atoms with van der Waals surface area (Å²) in [5, 5.41) is 8.66. The first kappa shape index (κ1) is 20.5. The second kappa shape index (κ2) is 9.32. The van der Waals surface area contributed by atoms with E-state index in [0.717, 1.165) is 5.56 Å². The molecule has 1 aliphatic carbocycles. The Morgan fingerprint density at radius 2 is 1.76 bits per heavy atom. The van der Waals surface area contributed by atoms with Crippen molar-refractivity contribution in [3.8, 4) is 17.2 Å². The fourth-order valence-corrected chi connectivity index (χ4v) is 2.81. The van der Waals surface area contributed by atoms with Gasteiger partial charge in [0.1, 0.15) is 17.2 Å². The van der Waals surface area contributed by atoms with E-state index in [-0.39, 0.29) is 5.91 Å². The number of carbonyl (C=O) groups excluding carboxylic acids is 1. The van der Waals surface area contributed by atoms with Crippen LogP contribution in [0.3, 0.4) is 0 Å². The Morgan fingerprint density at radius 1 is 1.07 bits per heavy atom. The molecule has 7 heteroatoms. The van der Waals surface area contributed by atoms with Crippen LogP contribution in [0.15, 0.2) is 42.5 Å². The minimum Gasteiger partial charge on any atom is -0.497 e. The van der Waals surface area contributed by atoms with E-state index >= 15 is 0 Å². The number of carbonyl (C=O) groups is 2. The Labute approximate surface area is 169 Å². The number of amides is 1. The summed E-state index contributed by atoms with van der Waals surface area (Å²) in [6, 6.07) is 12.2. The number of benzene rings is 2. The Morgan fingerprint density at radius 3 is 2.38 bits per heavy atom. The Balaban J connectivity index is 1.66. The Bertz CT molecular complexity index is 860. The molecule has 0 radical (unpaired) electrons. The van der Waals surface area contributed by atoms with Gasteiger partial charge in [0.05, 0.1) is 19.3 Å². The predicted octanol–water partition coefficient (Wildman–Crippen LogP) is 3.22. The highest BCUT2D eigenvalue weighted by Crippen LogP contribution is 2.32. The van der Waals surface area contributed by atoms with Crippen molar-refractivity contribution < 1.29 is 28.9 Å². The minimum atomic E-state index is -1.03. The molecule has 0 aromatic heterocycles. The molecule has 0 bridgehead atoms. The lowest BCUT2D eigenvalue weighted by molar-refractivity contribution is -0.139. The molecule has 0 heterocycles. The summed E-state index contributed by atoms with van der Waals surface area (Å²) in [5.41, 5.74) is 1.40. The molecule has 0 saturated heterocycles. The van der Waals surface area contributed by atoms with Gasteiger partial charge in [0, 0.05) is 19.7 Å². The first-order valence-electron chi connectivity index (χ1n) is 9.46. The molecule has 1 fully saturated rings. The van der Waals surface area contributed by atoms with Crippen molar-refractivity contribution in [1.29, 1.82) is 0 Å². The zero-order chi connectivity index (χ0) is 20.8. The van der Waals surface area contributed by atoms with Crippen LogP contribution in [0.5, 0.6) is 17.2 Å². The second-order valence-electron chi connectivity index (χ2n) is 7.10. The molecule has 0 unspecified atom stereocenters. The van der Waals surface area contributed by atoms with E-state index in [1.165, 1.54) is 12.8 Å². The van der Waals surface area contributed by atoms with Gasteiger partial charge < -0.3 is 24.2 Å². The van der Waals surface area contributed by atoms with Crippen LogP contribution >= 0.6 is 0 Å². The molecule has 1 N–H and O–H groups in total. The average Bonchev–Trinajstić information content (AvgIpc) is 3.55. The number of aliphatic carboxylic acids is 1. The summed E-state index contributed by atoms with van der Waals surface area (Å²) in [4.78, 5) is 25.2. The van der Waals surface area contributed by atoms with Crippen molar-refractivity contribution >= 4 is 11.9 Å². The van der Waals surface area contributed by atoms with E-state index in [1.54, 1.807) is 61.5 Å². The van der Waals surface area contributed by atoms with Crippen molar-refractivity contribution in [3.63, 3.8) is 0 Å². The summed E-state index contributed by atoms with van der Waals surface area (Å²) < 4.78 is 16.3. The van der Waals surface area contributed by atoms with Crippen molar-refractivity contribution in [3.05, 3.63) is 53.6 Å². The van der Waals surface area contributed by atoms with Gasteiger partial charge in [-0.25, -0.2) is 4.79 Å². The maximum atomic E-state index is 13.0. The third-order valence-corrected chi connectivity index (χ3v) is 4.64. The van der Waals surface area contributed by atoms with Gasteiger partial charge >= 0.3 is 5.97 Å². The number of carboxylic acid groups (broad SMARTS) is 1. The van der Waals surface area contributed by atoms with E-state index in [4.69, 9.17) is 19.3 Å². The minimum absolute atomic E-state index is 0.148. The van der Waals surface area contributed by atoms with Crippen molar-refractivity contribution in [2.24, 2.45) is 5.92 Å². The fraction of sp³-hybridized carbons (Fsp3) is 0.364. The molecular weight excluding hydrogens is 374 g/mol. The number of carboxylic acids is 1. The molecule has 0 spiro atoms. The summed E-state index contributed by atoms with van der Waals surface area (Å²) in [6.45, 7) is 0.611. The molecule has 2 aromatic rings. The second-order valence-corrected chi connectivity index (χ2v) is 7.10. The van der Waals surface area contributed by atoms with Crippen LogP contribution in [0.25, 0.3) is 0 Å². The van der Waals surface area contributed by atoms with Gasteiger partial charge in [0.25, 0.3) is 5.91 Å². The van der Waals surface area contributed by atoms with Crippen LogP contribution in [-0.4, -0.2) is 49.3 Å². The SMILES string of the molecule is COc1ccc(C(=O)N(C)Cc2ccc(OCC(=O)O)cc2)c(OCC2CC2)c1. The molecule has 1 aliphatic rings. The summed E-state index contributed by atoms with van der Waals surface area (Å²) >= 11 is 0. The monoisotopic (exact) mass is 399 g/mol. The molecule has 7 nitrogen and oxygen atoms in total. The van der Waals surface area contributed by atoms with E-state index < -0.39 is 12.6 Å². The van der Waals surface area contributed by atoms with E-state index in [2.05, 4.69) is 0 Å². The van der Waals surface area contributed by atoms with Gasteiger partial charge in [-0.1, -0.05) is 12.1 Å². The van der Waals surface area contributed by atoms with Gasteiger partial charge in [-0.3, -0.25) is 4.79 Å². The molecule has 154 valence electrons. The third-order valence-electron chi connectivity index (χ3n) is 4.64. The lowest BCUT2D eigenvalue weighted by Gasteiger charge is -2.20. The van der Waals surface area contributed by atoms with Crippen LogP contribution in [0.1, 0.15) is 28.8 Å². The highest BCUT2D eigenvalue weighted by molar-refractivity contribution is 5.97. The van der Waals surface area contributed by atoms with Crippen molar-refractivity contribution in [1.82, 2.24) is 4.90 Å². The molecule has 1 amide bonds. The van der Waals surface area contributed by atoms with Gasteiger partial charge in [-0.15, -0.1) is 0 Å². The molecule has 2 aromatic carbocycles. The fourth-order valence-electron chi connectivity index (χ4n) is 2.81. The smallest absolute Gasteiger partial charge is 0.341 e. The molecular formula is C22H25NO6. The Kier molecular flexibility index (Phi) is 6.59. The normalized spacial score (nSPS) is 12.9. The summed E-state index contributed by atoms with van der Waals surface area (Å²) in [6.07, 6.45) is 2.33. The van der Waals surface area contributed by atoms with Crippen LogP contribution in [0.4, 0.5) is 0 Å². The van der Waals surface area contributed by atoms with E-state index in [0.29, 0.717) is 41.9 Å². The van der Waals surface area contributed by atoms with Gasteiger partial charge in [0.15, 0.2) is 6.61 Å². The van der Waals surface area contributed by atoms with Crippen LogP contribution < -0.4 is 14.2 Å². The van der Waals surface area contributed by atoms with Gasteiger partial charge in [-0.2, -0.15) is 0 Å². The van der Waals surface area contributed by atoms with Crippen molar-refractivity contribution in [2.45, 2.75) is 19.4 Å². The average molecular weight is 399 g/mol. The summed E-state index contributed by atoms with van der Waals surface area (Å²) in [7, 11) is 3.31. The largest absolute Gasteiger partial charge is 0.497 e. The van der Waals surface area contributed by atoms with E-state index in [9.17, 15) is 9.59 Å². The maximum absolute atomic E-state index is 13.0. The zero-order valence-electron chi connectivity index (χ0n) is 16.6. The predicted molar refractivity (Wildman–Crippen MR) is 107 cm³/mol. The van der Waals surface area contributed by atoms with Crippen LogP contribution in [-0.2, 0) is 11.3 Å². The first-order valence-corrected chi connectivity index (χ1v) is 9.46. The number of hydrogen-bond donors (Lipinski definition) is 1. The van der Waals surface area contributed by atoms with Crippen molar-refractivity contribution in [2.75, 3.05) is 27.4 Å². The standard InChI is InChI=1S/C22H25NO6/c1-23(12-15-5-7-17(8-6-15)28-14-21(24)25)22(26)19-10-9-18(27-2)11-20(19)29-13-16-3-4-16/h5-11,16H,3-4,12-14H2,1-2H3,(H,24,25). The highest BCUT2D eigenvalue weighted by Gasteiger charge is 2.24. The number of hydrogen-bond acceptors (Lipinski definition) is 5. The molecule has 0 atom stereocenters. The first-order chi connectivity index (χ1) is 14.0. The lowest BCUT2D eigenvalue weighted by Crippen LogP contribution is -2.26. The lowest BCUT2D eigenvalue weighted by atomic mass is 10.1. The number of rotatable bonds is 10. The highest BCUT2D eigenvalue weighted by atomic mass is 16.5. The zero-order valence-corrected chi connectivity index (χ0v) is 16.6. The summed E-state index contributed by atoms with van der Waals surface area (Å²) in [5.74, 6) is 1.04. The quantitative estimate of drug-likeness (QED) is 0.660. The molecule has 0 aliphatic heterocycles. The number of methoxy groups -OCH3 is 1. The van der Waals surface area contributed by atoms with Crippen LogP contribution in [0, 0.1) is 5.92 Å². The van der Waals surface area contributed by atoms with Gasteiger partial charge in [-0.05, 0) is 48.6 Å². The maximum Gasteiger partial charge on any atom is 0.341 e. The number of ether oxygens (including phenoxy) is 3. The molecule has 29 heavy (non-hydrogen) atoms.